The minimum Gasteiger partial charge on any atom is -0.342 e. The van der Waals surface area contributed by atoms with Crippen LogP contribution in [0.25, 0.3) is 0 Å². The lowest BCUT2D eigenvalue weighted by molar-refractivity contribution is -0.146. The molecule has 2 saturated heterocycles. The highest BCUT2D eigenvalue weighted by Gasteiger charge is 2.45. The van der Waals surface area contributed by atoms with Gasteiger partial charge in [0.25, 0.3) is 0 Å². The molecule has 2 aliphatic heterocycles. The highest BCUT2D eigenvalue weighted by atomic mass is 16.2. The molecule has 2 heterocycles. The molecule has 27 heavy (non-hydrogen) atoms. The maximum Gasteiger partial charge on any atom is 0.229 e. The van der Waals surface area contributed by atoms with Crippen LogP contribution in [0.1, 0.15) is 58.4 Å². The van der Waals surface area contributed by atoms with Gasteiger partial charge < -0.3 is 9.80 Å². The first kappa shape index (κ1) is 19.9. The average molecular weight is 371 g/mol. The molecule has 0 spiro atoms. The van der Waals surface area contributed by atoms with E-state index in [0.717, 1.165) is 51.7 Å². The van der Waals surface area contributed by atoms with Crippen molar-refractivity contribution >= 4 is 11.8 Å². The van der Waals surface area contributed by atoms with E-state index in [4.69, 9.17) is 0 Å². The van der Waals surface area contributed by atoms with Gasteiger partial charge in [0.05, 0.1) is 0 Å². The molecule has 148 valence electrons. The molecular formula is C23H34N2O2. The fraction of sp³-hybridized carbons (Fsp3) is 0.652. The number of hydrogen-bond acceptors (Lipinski definition) is 2. The van der Waals surface area contributed by atoms with Crippen LogP contribution < -0.4 is 0 Å². The van der Waals surface area contributed by atoms with Crippen LogP contribution in [0.3, 0.4) is 0 Å². The van der Waals surface area contributed by atoms with Crippen molar-refractivity contribution in [3.05, 3.63) is 35.9 Å². The number of benzene rings is 1. The Morgan fingerprint density at radius 1 is 1.11 bits per heavy atom. The van der Waals surface area contributed by atoms with Crippen molar-refractivity contribution in [1.82, 2.24) is 9.80 Å². The first-order chi connectivity index (χ1) is 12.9. The summed E-state index contributed by atoms with van der Waals surface area (Å²) in [5, 5.41) is 0. The van der Waals surface area contributed by atoms with Crippen LogP contribution in [0.2, 0.25) is 0 Å². The minimum atomic E-state index is -0.293. The van der Waals surface area contributed by atoms with E-state index in [-0.39, 0.29) is 17.2 Å². The topological polar surface area (TPSA) is 40.6 Å². The third kappa shape index (κ3) is 4.36. The lowest BCUT2D eigenvalue weighted by atomic mass is 9.69. The predicted octanol–water partition coefficient (Wildman–Crippen LogP) is 4.10. The summed E-state index contributed by atoms with van der Waals surface area (Å²) in [6, 6.07) is 10.3. The third-order valence-electron chi connectivity index (χ3n) is 6.57. The van der Waals surface area contributed by atoms with Gasteiger partial charge in [0.1, 0.15) is 0 Å². The maximum atomic E-state index is 13.5. The Hall–Kier alpha value is -1.84. The summed E-state index contributed by atoms with van der Waals surface area (Å²) in [5.74, 6) is 0.990. The van der Waals surface area contributed by atoms with Crippen LogP contribution in [0.5, 0.6) is 0 Å². The van der Waals surface area contributed by atoms with Gasteiger partial charge in [-0.1, -0.05) is 57.5 Å². The van der Waals surface area contributed by atoms with E-state index in [2.05, 4.69) is 24.0 Å². The van der Waals surface area contributed by atoms with Crippen molar-refractivity contribution in [3.8, 4) is 0 Å². The number of amides is 2. The SMILES string of the molecule is CC(C)C(=O)N1CCC([C@@]2(C)CCCCN(Cc3ccccc3)C2=O)CC1. The van der Waals surface area contributed by atoms with Gasteiger partial charge >= 0.3 is 0 Å². The molecule has 3 rings (SSSR count). The molecule has 0 bridgehead atoms. The fourth-order valence-electron chi connectivity index (χ4n) is 4.80. The molecule has 1 aromatic carbocycles. The highest BCUT2D eigenvalue weighted by Crippen LogP contribution is 2.43. The molecular weight excluding hydrogens is 336 g/mol. The van der Waals surface area contributed by atoms with Gasteiger partial charge in [-0.05, 0) is 37.2 Å². The van der Waals surface area contributed by atoms with E-state index < -0.39 is 0 Å². The van der Waals surface area contributed by atoms with Gasteiger partial charge in [-0.15, -0.1) is 0 Å². The Bertz CT molecular complexity index is 650. The van der Waals surface area contributed by atoms with E-state index >= 15 is 0 Å². The molecule has 2 amide bonds. The number of likely N-dealkylation sites (tertiary alicyclic amines) is 2. The number of nitrogens with zero attached hydrogens (tertiary/aromatic N) is 2. The van der Waals surface area contributed by atoms with Gasteiger partial charge in [-0.2, -0.15) is 0 Å². The van der Waals surface area contributed by atoms with Crippen LogP contribution in [0, 0.1) is 17.3 Å². The molecule has 4 nitrogen and oxygen atoms in total. The Balaban J connectivity index is 1.69. The summed E-state index contributed by atoms with van der Waals surface area (Å²) in [5.41, 5.74) is 0.908. The van der Waals surface area contributed by atoms with Crippen LogP contribution in [0.4, 0.5) is 0 Å². The predicted molar refractivity (Wildman–Crippen MR) is 108 cm³/mol. The highest BCUT2D eigenvalue weighted by molar-refractivity contribution is 5.83. The average Bonchev–Trinajstić information content (AvgIpc) is 2.82. The monoisotopic (exact) mass is 370 g/mol. The standard InChI is InChI=1S/C23H34N2O2/c1-18(2)21(26)24-15-11-20(12-16-24)23(3)13-7-8-14-25(22(23)27)17-19-9-5-4-6-10-19/h4-6,9-10,18,20H,7-8,11-17H2,1-3H3/t23-/m1/s1. The van der Waals surface area contributed by atoms with Crippen LogP contribution in [-0.4, -0.2) is 41.2 Å². The molecule has 1 aromatic rings. The van der Waals surface area contributed by atoms with E-state index in [9.17, 15) is 9.59 Å². The van der Waals surface area contributed by atoms with Crippen molar-refractivity contribution in [3.63, 3.8) is 0 Å². The molecule has 4 heteroatoms. The first-order valence-corrected chi connectivity index (χ1v) is 10.5. The van der Waals surface area contributed by atoms with Crippen LogP contribution in [-0.2, 0) is 16.1 Å². The van der Waals surface area contributed by atoms with Gasteiger partial charge in [0.2, 0.25) is 11.8 Å². The van der Waals surface area contributed by atoms with E-state index in [1.165, 1.54) is 5.56 Å². The van der Waals surface area contributed by atoms with Crippen molar-refractivity contribution in [2.75, 3.05) is 19.6 Å². The Morgan fingerprint density at radius 3 is 2.41 bits per heavy atom. The molecule has 2 aliphatic rings. The molecule has 0 radical (unpaired) electrons. The molecule has 2 fully saturated rings. The third-order valence-corrected chi connectivity index (χ3v) is 6.57. The molecule has 0 unspecified atom stereocenters. The number of carbonyl (C=O) groups is 2. The first-order valence-electron chi connectivity index (χ1n) is 10.5. The van der Waals surface area contributed by atoms with Gasteiger partial charge in [0.15, 0.2) is 0 Å². The van der Waals surface area contributed by atoms with Gasteiger partial charge in [0, 0.05) is 37.5 Å². The second kappa shape index (κ2) is 8.45. The lowest BCUT2D eigenvalue weighted by Gasteiger charge is -2.43. The zero-order valence-electron chi connectivity index (χ0n) is 17.1. The zero-order chi connectivity index (χ0) is 19.4. The number of carbonyl (C=O) groups excluding carboxylic acids is 2. The Kier molecular flexibility index (Phi) is 6.23. The minimum absolute atomic E-state index is 0.0537. The van der Waals surface area contributed by atoms with E-state index in [0.29, 0.717) is 18.4 Å². The lowest BCUT2D eigenvalue weighted by Crippen LogP contribution is -2.49. The maximum absolute atomic E-state index is 13.5. The smallest absolute Gasteiger partial charge is 0.229 e. The molecule has 1 atom stereocenters. The number of rotatable bonds is 4. The van der Waals surface area contributed by atoms with Crippen molar-refractivity contribution < 1.29 is 9.59 Å². The summed E-state index contributed by atoms with van der Waals surface area (Å²) in [6.45, 7) is 9.27. The second-order valence-corrected chi connectivity index (χ2v) is 8.84. The molecule has 0 saturated carbocycles. The quantitative estimate of drug-likeness (QED) is 0.800. The Labute approximate surface area is 163 Å². The van der Waals surface area contributed by atoms with Gasteiger partial charge in [-0.3, -0.25) is 9.59 Å². The number of hydrogen-bond donors (Lipinski definition) is 0. The Morgan fingerprint density at radius 2 is 1.78 bits per heavy atom. The molecule has 0 aliphatic carbocycles. The zero-order valence-corrected chi connectivity index (χ0v) is 17.1. The summed E-state index contributed by atoms with van der Waals surface area (Å²) >= 11 is 0. The van der Waals surface area contributed by atoms with Crippen LogP contribution >= 0.6 is 0 Å². The summed E-state index contributed by atoms with van der Waals surface area (Å²) < 4.78 is 0. The van der Waals surface area contributed by atoms with Crippen molar-refractivity contribution in [1.29, 1.82) is 0 Å². The van der Waals surface area contributed by atoms with Crippen LogP contribution in [0.15, 0.2) is 30.3 Å². The van der Waals surface area contributed by atoms with Gasteiger partial charge in [-0.25, -0.2) is 0 Å². The van der Waals surface area contributed by atoms with Crippen molar-refractivity contribution in [2.24, 2.45) is 17.3 Å². The second-order valence-electron chi connectivity index (χ2n) is 8.84. The van der Waals surface area contributed by atoms with Crippen molar-refractivity contribution in [2.45, 2.75) is 59.4 Å². The molecule has 0 N–H and O–H groups in total. The summed E-state index contributed by atoms with van der Waals surface area (Å²) in [6.07, 6.45) is 5.05. The largest absolute Gasteiger partial charge is 0.342 e. The summed E-state index contributed by atoms with van der Waals surface area (Å²) in [7, 11) is 0. The normalized spacial score (nSPS) is 25.0. The summed E-state index contributed by atoms with van der Waals surface area (Å²) in [4.78, 5) is 29.9. The van der Waals surface area contributed by atoms with E-state index in [1.54, 1.807) is 0 Å². The fourth-order valence-corrected chi connectivity index (χ4v) is 4.80. The molecule has 0 aromatic heterocycles. The number of piperidine rings is 1. The van der Waals surface area contributed by atoms with E-state index in [1.807, 2.05) is 36.9 Å².